The monoisotopic (exact) mass is 312 g/mol. The van der Waals surface area contributed by atoms with Crippen LogP contribution in [0.25, 0.3) is 11.1 Å². The van der Waals surface area contributed by atoms with Crippen LogP contribution >= 0.6 is 11.3 Å². The lowest BCUT2D eigenvalue weighted by molar-refractivity contribution is 0.0942. The van der Waals surface area contributed by atoms with E-state index in [-0.39, 0.29) is 5.91 Å². The van der Waals surface area contributed by atoms with Gasteiger partial charge in [0.15, 0.2) is 0 Å². The van der Waals surface area contributed by atoms with Crippen LogP contribution in [0.15, 0.2) is 41.8 Å². The van der Waals surface area contributed by atoms with Crippen molar-refractivity contribution in [3.05, 3.63) is 46.7 Å². The topological polar surface area (TPSA) is 32.3 Å². The summed E-state index contributed by atoms with van der Waals surface area (Å²) < 4.78 is 0. The molecular weight excluding hydrogens is 292 g/mol. The van der Waals surface area contributed by atoms with Crippen molar-refractivity contribution in [1.82, 2.24) is 10.2 Å². The van der Waals surface area contributed by atoms with E-state index in [2.05, 4.69) is 22.3 Å². The molecule has 0 spiro atoms. The minimum Gasteiger partial charge on any atom is -0.347 e. The fourth-order valence-corrected chi connectivity index (χ4v) is 4.08. The average Bonchev–Trinajstić information content (AvgIpc) is 3.10. The van der Waals surface area contributed by atoms with Crippen LogP contribution in [-0.4, -0.2) is 36.0 Å². The molecule has 2 aliphatic rings. The molecule has 2 heterocycles. The summed E-state index contributed by atoms with van der Waals surface area (Å²) in [6.45, 7) is 2.15. The van der Waals surface area contributed by atoms with Crippen LogP contribution in [0, 0.1) is 0 Å². The molecule has 3 nitrogen and oxygen atoms in total. The van der Waals surface area contributed by atoms with Gasteiger partial charge in [0.2, 0.25) is 0 Å². The van der Waals surface area contributed by atoms with E-state index in [1.165, 1.54) is 24.2 Å². The Morgan fingerprint density at radius 3 is 2.73 bits per heavy atom. The first kappa shape index (κ1) is 14.0. The number of benzene rings is 1. The lowest BCUT2D eigenvalue weighted by atomic mass is 10.1. The van der Waals surface area contributed by atoms with E-state index in [1.54, 1.807) is 0 Å². The maximum absolute atomic E-state index is 12.6. The number of hydrogen-bond acceptors (Lipinski definition) is 3. The fraction of sp³-hybridized carbons (Fsp3) is 0.389. The van der Waals surface area contributed by atoms with E-state index in [0.717, 1.165) is 41.6 Å². The van der Waals surface area contributed by atoms with Gasteiger partial charge in [0.1, 0.15) is 0 Å². The molecule has 1 aromatic carbocycles. The summed E-state index contributed by atoms with van der Waals surface area (Å²) in [6.07, 6.45) is 3.75. The zero-order chi connectivity index (χ0) is 14.9. The van der Waals surface area contributed by atoms with Crippen molar-refractivity contribution in [2.75, 3.05) is 13.1 Å². The number of likely N-dealkylation sites (tertiary alicyclic amines) is 1. The molecule has 0 unspecified atom stereocenters. The SMILES string of the molecule is O=C(N[C@H]1CCN(C2CC2)C1)c1sccc1-c1ccccc1. The molecule has 1 atom stereocenters. The van der Waals surface area contributed by atoms with Gasteiger partial charge in [-0.15, -0.1) is 11.3 Å². The first-order valence-electron chi connectivity index (χ1n) is 7.99. The van der Waals surface area contributed by atoms with Gasteiger partial charge in [-0.25, -0.2) is 0 Å². The number of amides is 1. The highest BCUT2D eigenvalue weighted by Gasteiger charge is 2.35. The smallest absolute Gasteiger partial charge is 0.262 e. The van der Waals surface area contributed by atoms with Gasteiger partial charge in [-0.2, -0.15) is 0 Å². The van der Waals surface area contributed by atoms with Gasteiger partial charge in [0.25, 0.3) is 5.91 Å². The number of carbonyl (C=O) groups excluding carboxylic acids is 1. The first-order valence-corrected chi connectivity index (χ1v) is 8.87. The van der Waals surface area contributed by atoms with Crippen molar-refractivity contribution in [3.8, 4) is 11.1 Å². The Labute approximate surface area is 135 Å². The predicted molar refractivity (Wildman–Crippen MR) is 90.2 cm³/mol. The van der Waals surface area contributed by atoms with Crippen LogP contribution in [-0.2, 0) is 0 Å². The van der Waals surface area contributed by atoms with Crippen molar-refractivity contribution in [1.29, 1.82) is 0 Å². The van der Waals surface area contributed by atoms with Crippen LogP contribution < -0.4 is 5.32 Å². The number of thiophene rings is 1. The molecule has 4 heteroatoms. The standard InChI is InChI=1S/C18H20N2OS/c21-18(19-14-8-10-20(12-14)15-6-7-15)17-16(9-11-22-17)13-4-2-1-3-5-13/h1-5,9,11,14-15H,6-8,10,12H2,(H,19,21)/t14-/m0/s1. The van der Waals surface area contributed by atoms with Crippen molar-refractivity contribution >= 4 is 17.2 Å². The molecule has 114 valence electrons. The lowest BCUT2D eigenvalue weighted by Crippen LogP contribution is -2.37. The minimum atomic E-state index is 0.0801. The van der Waals surface area contributed by atoms with Crippen molar-refractivity contribution < 1.29 is 4.79 Å². The zero-order valence-electron chi connectivity index (χ0n) is 12.5. The van der Waals surface area contributed by atoms with Gasteiger partial charge >= 0.3 is 0 Å². The highest BCUT2D eigenvalue weighted by atomic mass is 32.1. The molecule has 1 aromatic heterocycles. The summed E-state index contributed by atoms with van der Waals surface area (Å²) >= 11 is 1.53. The van der Waals surface area contributed by atoms with E-state index >= 15 is 0 Å². The third-order valence-corrected chi connectivity index (χ3v) is 5.49. The van der Waals surface area contributed by atoms with E-state index in [1.807, 2.05) is 29.6 Å². The molecule has 1 aliphatic heterocycles. The zero-order valence-corrected chi connectivity index (χ0v) is 13.3. The molecule has 2 aromatic rings. The molecule has 1 aliphatic carbocycles. The van der Waals surface area contributed by atoms with Gasteiger partial charge in [-0.1, -0.05) is 30.3 Å². The number of rotatable bonds is 4. The Morgan fingerprint density at radius 2 is 1.95 bits per heavy atom. The summed E-state index contributed by atoms with van der Waals surface area (Å²) in [6, 6.07) is 13.3. The fourth-order valence-electron chi connectivity index (χ4n) is 3.26. The molecule has 1 amide bonds. The van der Waals surface area contributed by atoms with Crippen LogP contribution in [0.2, 0.25) is 0 Å². The number of nitrogens with one attached hydrogen (secondary N) is 1. The minimum absolute atomic E-state index is 0.0801. The largest absolute Gasteiger partial charge is 0.347 e. The molecule has 0 radical (unpaired) electrons. The van der Waals surface area contributed by atoms with Gasteiger partial charge < -0.3 is 5.32 Å². The summed E-state index contributed by atoms with van der Waals surface area (Å²) in [4.78, 5) is 16.0. The predicted octanol–water partition coefficient (Wildman–Crippen LogP) is 3.38. The molecule has 1 saturated heterocycles. The Balaban J connectivity index is 1.46. The molecule has 1 N–H and O–H groups in total. The van der Waals surface area contributed by atoms with Crippen LogP contribution in [0.4, 0.5) is 0 Å². The molecule has 0 bridgehead atoms. The maximum Gasteiger partial charge on any atom is 0.262 e. The second-order valence-corrected chi connectivity index (χ2v) is 7.13. The highest BCUT2D eigenvalue weighted by molar-refractivity contribution is 7.12. The Kier molecular flexibility index (Phi) is 3.72. The quantitative estimate of drug-likeness (QED) is 0.938. The summed E-state index contributed by atoms with van der Waals surface area (Å²) in [5.41, 5.74) is 2.15. The van der Waals surface area contributed by atoms with Gasteiger partial charge in [0, 0.05) is 30.7 Å². The summed E-state index contributed by atoms with van der Waals surface area (Å²) in [5, 5.41) is 5.24. The number of carbonyl (C=O) groups is 1. The Hall–Kier alpha value is -1.65. The van der Waals surface area contributed by atoms with Crippen LogP contribution in [0.3, 0.4) is 0 Å². The second-order valence-electron chi connectivity index (χ2n) is 6.21. The van der Waals surface area contributed by atoms with E-state index in [0.29, 0.717) is 6.04 Å². The third-order valence-electron chi connectivity index (χ3n) is 4.57. The highest BCUT2D eigenvalue weighted by Crippen LogP contribution is 2.31. The van der Waals surface area contributed by atoms with Crippen molar-refractivity contribution in [3.63, 3.8) is 0 Å². The van der Waals surface area contributed by atoms with Gasteiger partial charge in [-0.3, -0.25) is 9.69 Å². The first-order chi connectivity index (χ1) is 10.8. The molecule has 1 saturated carbocycles. The molecular formula is C18H20N2OS. The number of nitrogens with zero attached hydrogens (tertiary/aromatic N) is 1. The van der Waals surface area contributed by atoms with Gasteiger partial charge in [-0.05, 0) is 36.3 Å². The molecule has 22 heavy (non-hydrogen) atoms. The van der Waals surface area contributed by atoms with Crippen LogP contribution in [0.5, 0.6) is 0 Å². The Bertz CT molecular complexity index is 663. The second kappa shape index (κ2) is 5.86. The third kappa shape index (κ3) is 2.81. The average molecular weight is 312 g/mol. The van der Waals surface area contributed by atoms with Crippen molar-refractivity contribution in [2.24, 2.45) is 0 Å². The van der Waals surface area contributed by atoms with Crippen molar-refractivity contribution in [2.45, 2.75) is 31.3 Å². The lowest BCUT2D eigenvalue weighted by Gasteiger charge is -2.15. The Morgan fingerprint density at radius 1 is 1.14 bits per heavy atom. The maximum atomic E-state index is 12.6. The summed E-state index contributed by atoms with van der Waals surface area (Å²) in [5.74, 6) is 0.0801. The number of hydrogen-bond donors (Lipinski definition) is 1. The van der Waals surface area contributed by atoms with E-state index in [4.69, 9.17) is 0 Å². The van der Waals surface area contributed by atoms with Gasteiger partial charge in [0.05, 0.1) is 4.88 Å². The van der Waals surface area contributed by atoms with E-state index in [9.17, 15) is 4.79 Å². The molecule has 4 rings (SSSR count). The van der Waals surface area contributed by atoms with Crippen LogP contribution in [0.1, 0.15) is 28.9 Å². The normalized spacial score (nSPS) is 21.9. The summed E-state index contributed by atoms with van der Waals surface area (Å²) in [7, 11) is 0. The van der Waals surface area contributed by atoms with E-state index < -0.39 is 0 Å². The molecule has 2 fully saturated rings.